The van der Waals surface area contributed by atoms with Crippen LogP contribution in [0.15, 0.2) is 0 Å². The van der Waals surface area contributed by atoms with Crippen molar-refractivity contribution in [2.45, 2.75) is 38.3 Å². The largest absolute Gasteiger partial charge is 0.462 e. The standard InChI is InChI=1S/C9H16O5/c1-6(10)13-7-3-8(5-12-2)14-9(11)4-7/h7-9,11H,3-5H2,1-2H3. The summed E-state index contributed by atoms with van der Waals surface area (Å²) in [4.78, 5) is 10.7. The van der Waals surface area contributed by atoms with Gasteiger partial charge >= 0.3 is 5.97 Å². The Morgan fingerprint density at radius 1 is 1.57 bits per heavy atom. The summed E-state index contributed by atoms with van der Waals surface area (Å²) in [7, 11) is 1.56. The molecule has 0 aromatic carbocycles. The number of carbonyl (C=O) groups is 1. The molecule has 1 heterocycles. The maximum absolute atomic E-state index is 10.7. The zero-order valence-electron chi connectivity index (χ0n) is 8.43. The highest BCUT2D eigenvalue weighted by Crippen LogP contribution is 2.21. The predicted octanol–water partition coefficient (Wildman–Crippen LogP) is 0.0619. The zero-order valence-corrected chi connectivity index (χ0v) is 8.43. The summed E-state index contributed by atoms with van der Waals surface area (Å²) in [6.45, 7) is 1.75. The second-order valence-electron chi connectivity index (χ2n) is 3.37. The van der Waals surface area contributed by atoms with Crippen molar-refractivity contribution < 1.29 is 24.1 Å². The van der Waals surface area contributed by atoms with Crippen LogP contribution in [0.5, 0.6) is 0 Å². The first-order valence-electron chi connectivity index (χ1n) is 4.61. The van der Waals surface area contributed by atoms with Crippen molar-refractivity contribution in [1.82, 2.24) is 0 Å². The molecule has 5 nitrogen and oxygen atoms in total. The lowest BCUT2D eigenvalue weighted by Crippen LogP contribution is -2.39. The molecule has 0 aromatic heterocycles. The second kappa shape index (κ2) is 5.29. The van der Waals surface area contributed by atoms with E-state index >= 15 is 0 Å². The summed E-state index contributed by atoms with van der Waals surface area (Å²) in [5.41, 5.74) is 0. The third kappa shape index (κ3) is 3.61. The number of rotatable bonds is 3. The molecule has 0 bridgehead atoms. The minimum absolute atomic E-state index is 0.201. The van der Waals surface area contributed by atoms with E-state index in [1.54, 1.807) is 7.11 Å². The van der Waals surface area contributed by atoms with E-state index in [1.807, 2.05) is 0 Å². The van der Waals surface area contributed by atoms with E-state index < -0.39 is 6.29 Å². The maximum atomic E-state index is 10.7. The molecule has 0 amide bonds. The van der Waals surface area contributed by atoms with E-state index in [0.717, 1.165) is 0 Å². The molecule has 1 aliphatic heterocycles. The Balaban J connectivity index is 2.41. The van der Waals surface area contributed by atoms with Crippen molar-refractivity contribution in [2.75, 3.05) is 13.7 Å². The van der Waals surface area contributed by atoms with Crippen LogP contribution in [0.1, 0.15) is 19.8 Å². The van der Waals surface area contributed by atoms with Gasteiger partial charge in [-0.05, 0) is 0 Å². The Morgan fingerprint density at radius 3 is 2.86 bits per heavy atom. The molecule has 0 aromatic rings. The van der Waals surface area contributed by atoms with Gasteiger partial charge in [0.1, 0.15) is 6.10 Å². The number of methoxy groups -OCH3 is 1. The normalized spacial score (nSPS) is 32.6. The molecule has 5 heteroatoms. The predicted molar refractivity (Wildman–Crippen MR) is 47.5 cm³/mol. The first kappa shape index (κ1) is 11.4. The molecule has 0 aliphatic carbocycles. The number of hydrogen-bond acceptors (Lipinski definition) is 5. The SMILES string of the molecule is COCC1CC(OC(C)=O)CC(O)O1. The van der Waals surface area contributed by atoms with Crippen LogP contribution in [-0.2, 0) is 19.0 Å². The molecule has 1 aliphatic rings. The van der Waals surface area contributed by atoms with Crippen LogP contribution in [0, 0.1) is 0 Å². The molecule has 0 spiro atoms. The van der Waals surface area contributed by atoms with E-state index in [0.29, 0.717) is 19.4 Å². The summed E-state index contributed by atoms with van der Waals surface area (Å²) in [5, 5.41) is 9.32. The van der Waals surface area contributed by atoms with Gasteiger partial charge in [-0.2, -0.15) is 0 Å². The molecule has 1 saturated heterocycles. The average Bonchev–Trinajstić information content (AvgIpc) is 2.01. The van der Waals surface area contributed by atoms with E-state index in [-0.39, 0.29) is 18.2 Å². The van der Waals surface area contributed by atoms with Gasteiger partial charge in [-0.25, -0.2) is 0 Å². The lowest BCUT2D eigenvalue weighted by molar-refractivity contribution is -0.207. The molecule has 1 N–H and O–H groups in total. The summed E-state index contributed by atoms with van der Waals surface area (Å²) in [6.07, 6.45) is -0.428. The van der Waals surface area contributed by atoms with Gasteiger partial charge in [0.15, 0.2) is 6.29 Å². The highest BCUT2D eigenvalue weighted by atomic mass is 16.6. The zero-order chi connectivity index (χ0) is 10.6. The van der Waals surface area contributed by atoms with Gasteiger partial charge in [0.05, 0.1) is 12.7 Å². The summed E-state index contributed by atoms with van der Waals surface area (Å²) < 4.78 is 15.1. The molecule has 0 saturated carbocycles. The molecular formula is C9H16O5. The van der Waals surface area contributed by atoms with Crippen LogP contribution in [-0.4, -0.2) is 43.3 Å². The molecule has 3 unspecified atom stereocenters. The van der Waals surface area contributed by atoms with E-state index in [4.69, 9.17) is 14.2 Å². The van der Waals surface area contributed by atoms with Crippen LogP contribution in [0.3, 0.4) is 0 Å². The Hall–Kier alpha value is -0.650. The van der Waals surface area contributed by atoms with Crippen molar-refractivity contribution in [3.63, 3.8) is 0 Å². The molecule has 3 atom stereocenters. The highest BCUT2D eigenvalue weighted by Gasteiger charge is 2.29. The van der Waals surface area contributed by atoms with Gasteiger partial charge in [-0.15, -0.1) is 0 Å². The first-order valence-corrected chi connectivity index (χ1v) is 4.61. The van der Waals surface area contributed by atoms with Crippen LogP contribution in [0.25, 0.3) is 0 Å². The molecule has 82 valence electrons. The van der Waals surface area contributed by atoms with E-state index in [1.165, 1.54) is 6.92 Å². The third-order valence-electron chi connectivity index (χ3n) is 2.03. The highest BCUT2D eigenvalue weighted by molar-refractivity contribution is 5.66. The molecule has 1 rings (SSSR count). The Labute approximate surface area is 82.9 Å². The number of ether oxygens (including phenoxy) is 3. The Bertz CT molecular complexity index is 194. The van der Waals surface area contributed by atoms with Gasteiger partial charge < -0.3 is 19.3 Å². The summed E-state index contributed by atoms with van der Waals surface area (Å²) >= 11 is 0. The number of esters is 1. The fraction of sp³-hybridized carbons (Fsp3) is 0.889. The van der Waals surface area contributed by atoms with Gasteiger partial charge in [-0.3, -0.25) is 4.79 Å². The lowest BCUT2D eigenvalue weighted by Gasteiger charge is -2.31. The van der Waals surface area contributed by atoms with Crippen molar-refractivity contribution >= 4 is 5.97 Å². The third-order valence-corrected chi connectivity index (χ3v) is 2.03. The van der Waals surface area contributed by atoms with Gasteiger partial charge in [0, 0.05) is 26.9 Å². The molecule has 0 radical (unpaired) electrons. The van der Waals surface area contributed by atoms with Crippen molar-refractivity contribution in [3.05, 3.63) is 0 Å². The minimum atomic E-state index is -0.867. The molecular weight excluding hydrogens is 188 g/mol. The quantitative estimate of drug-likeness (QED) is 0.659. The van der Waals surface area contributed by atoms with Crippen LogP contribution < -0.4 is 0 Å². The molecule has 14 heavy (non-hydrogen) atoms. The second-order valence-corrected chi connectivity index (χ2v) is 3.37. The summed E-state index contributed by atoms with van der Waals surface area (Å²) in [5.74, 6) is -0.333. The maximum Gasteiger partial charge on any atom is 0.302 e. The van der Waals surface area contributed by atoms with Crippen LogP contribution >= 0.6 is 0 Å². The van der Waals surface area contributed by atoms with Gasteiger partial charge in [0.2, 0.25) is 0 Å². The van der Waals surface area contributed by atoms with E-state index in [9.17, 15) is 9.90 Å². The fourth-order valence-corrected chi connectivity index (χ4v) is 1.57. The van der Waals surface area contributed by atoms with Crippen LogP contribution in [0.4, 0.5) is 0 Å². The van der Waals surface area contributed by atoms with Crippen molar-refractivity contribution in [1.29, 1.82) is 0 Å². The van der Waals surface area contributed by atoms with Gasteiger partial charge in [0.25, 0.3) is 0 Å². The van der Waals surface area contributed by atoms with Crippen molar-refractivity contribution in [3.8, 4) is 0 Å². The lowest BCUT2D eigenvalue weighted by atomic mass is 10.1. The number of carbonyl (C=O) groups excluding carboxylic acids is 1. The average molecular weight is 204 g/mol. The topological polar surface area (TPSA) is 65.0 Å². The fourth-order valence-electron chi connectivity index (χ4n) is 1.57. The van der Waals surface area contributed by atoms with Crippen molar-refractivity contribution in [2.24, 2.45) is 0 Å². The Morgan fingerprint density at radius 2 is 2.29 bits per heavy atom. The van der Waals surface area contributed by atoms with E-state index in [2.05, 4.69) is 0 Å². The smallest absolute Gasteiger partial charge is 0.302 e. The molecule has 1 fully saturated rings. The summed E-state index contributed by atoms with van der Waals surface area (Å²) in [6, 6.07) is 0. The number of hydrogen-bond donors (Lipinski definition) is 1. The first-order chi connectivity index (χ1) is 6.61. The number of aliphatic hydroxyl groups excluding tert-OH is 1. The Kier molecular flexibility index (Phi) is 4.31. The number of aliphatic hydroxyl groups is 1. The van der Waals surface area contributed by atoms with Gasteiger partial charge in [-0.1, -0.05) is 0 Å². The monoisotopic (exact) mass is 204 g/mol. The van der Waals surface area contributed by atoms with Crippen LogP contribution in [0.2, 0.25) is 0 Å². The minimum Gasteiger partial charge on any atom is -0.462 e.